The van der Waals surface area contributed by atoms with Crippen molar-refractivity contribution in [1.82, 2.24) is 0 Å². The standard InChI is InChI=1S/C11H9Cl2NO2.K.H/c12-6-1-2-7-16-11(15)14-10-5-3-4-9(13)8-10;;/h3-5,8H,6-7H2,(H,14,15);;. The Labute approximate surface area is 153 Å². The number of hydrogen-bond acceptors (Lipinski definition) is 2. The van der Waals surface area contributed by atoms with E-state index in [1.165, 1.54) is 0 Å². The second-order valence-electron chi connectivity index (χ2n) is 2.70. The summed E-state index contributed by atoms with van der Waals surface area (Å²) in [5, 5.41) is 3.05. The summed E-state index contributed by atoms with van der Waals surface area (Å²) in [5.41, 5.74) is 0.572. The number of anilines is 1. The Kier molecular flexibility index (Phi) is 10.4. The van der Waals surface area contributed by atoms with Gasteiger partial charge >= 0.3 is 57.5 Å². The zero-order valence-electron chi connectivity index (χ0n) is 8.30. The summed E-state index contributed by atoms with van der Waals surface area (Å²) >= 11 is 11.1. The number of amides is 1. The first-order valence-electron chi connectivity index (χ1n) is 4.43. The van der Waals surface area contributed by atoms with Crippen LogP contribution < -0.4 is 5.32 Å². The van der Waals surface area contributed by atoms with Gasteiger partial charge in [-0.2, -0.15) is 0 Å². The van der Waals surface area contributed by atoms with Gasteiger partial charge in [0.15, 0.2) is 6.61 Å². The molecule has 0 spiro atoms. The second-order valence-corrected chi connectivity index (χ2v) is 3.40. The first-order valence-corrected chi connectivity index (χ1v) is 5.34. The zero-order chi connectivity index (χ0) is 11.8. The maximum atomic E-state index is 11.2. The Morgan fingerprint density at radius 3 is 2.82 bits per heavy atom. The van der Waals surface area contributed by atoms with Crippen molar-refractivity contribution in [3.63, 3.8) is 0 Å². The predicted molar refractivity (Wildman–Crippen MR) is 72.1 cm³/mol. The Morgan fingerprint density at radius 2 is 2.18 bits per heavy atom. The van der Waals surface area contributed by atoms with Gasteiger partial charge in [-0.3, -0.25) is 5.32 Å². The number of rotatable bonds is 2. The molecule has 1 aromatic carbocycles. The Bertz CT molecular complexity index is 429. The molecule has 0 aliphatic rings. The van der Waals surface area contributed by atoms with Gasteiger partial charge in [-0.15, -0.1) is 11.6 Å². The molecular formula is C11H10Cl2KNO2. The Hall–Kier alpha value is 0.266. The van der Waals surface area contributed by atoms with Crippen molar-refractivity contribution in [2.45, 2.75) is 0 Å². The molecular weight excluding hydrogens is 288 g/mol. The fourth-order valence-electron chi connectivity index (χ4n) is 0.920. The van der Waals surface area contributed by atoms with Gasteiger partial charge in [0.25, 0.3) is 0 Å². The minimum absolute atomic E-state index is 0. The summed E-state index contributed by atoms with van der Waals surface area (Å²) in [4.78, 5) is 11.2. The van der Waals surface area contributed by atoms with Crippen LogP contribution in [0.5, 0.6) is 0 Å². The van der Waals surface area contributed by atoms with E-state index < -0.39 is 6.09 Å². The van der Waals surface area contributed by atoms with Crippen molar-refractivity contribution < 1.29 is 9.53 Å². The first kappa shape index (κ1) is 17.3. The van der Waals surface area contributed by atoms with Crippen LogP contribution in [-0.4, -0.2) is 70.0 Å². The van der Waals surface area contributed by atoms with Gasteiger partial charge in [0.2, 0.25) is 0 Å². The van der Waals surface area contributed by atoms with E-state index in [1.54, 1.807) is 24.3 Å². The summed E-state index contributed by atoms with van der Waals surface area (Å²) < 4.78 is 4.76. The molecule has 0 aromatic heterocycles. The molecule has 1 aromatic rings. The fraction of sp³-hybridized carbons (Fsp3) is 0.182. The van der Waals surface area contributed by atoms with Crippen LogP contribution >= 0.6 is 23.2 Å². The Morgan fingerprint density at radius 1 is 1.41 bits per heavy atom. The molecule has 0 atom stereocenters. The van der Waals surface area contributed by atoms with Crippen molar-refractivity contribution in [2.75, 3.05) is 17.8 Å². The minimum atomic E-state index is -0.578. The molecule has 3 nitrogen and oxygen atoms in total. The molecule has 0 fully saturated rings. The van der Waals surface area contributed by atoms with Gasteiger partial charge in [-0.05, 0) is 18.2 Å². The molecule has 0 aliphatic carbocycles. The quantitative estimate of drug-likeness (QED) is 0.517. The van der Waals surface area contributed by atoms with Crippen LogP contribution in [0.2, 0.25) is 5.02 Å². The van der Waals surface area contributed by atoms with Gasteiger partial charge in [0.1, 0.15) is 0 Å². The average Bonchev–Trinajstić information content (AvgIpc) is 2.24. The number of carbonyl (C=O) groups is 1. The molecule has 6 heteroatoms. The number of nitrogens with one attached hydrogen (secondary N) is 1. The maximum absolute atomic E-state index is 11.2. The van der Waals surface area contributed by atoms with Crippen molar-refractivity contribution in [3.05, 3.63) is 29.3 Å². The van der Waals surface area contributed by atoms with E-state index in [-0.39, 0.29) is 63.9 Å². The summed E-state index contributed by atoms with van der Waals surface area (Å²) in [6, 6.07) is 6.76. The van der Waals surface area contributed by atoms with Gasteiger partial charge in [-0.1, -0.05) is 29.5 Å². The molecule has 0 bridgehead atoms. The molecule has 1 N–H and O–H groups in total. The summed E-state index contributed by atoms with van der Waals surface area (Å²) in [6.45, 7) is 0.0130. The third-order valence-electron chi connectivity index (χ3n) is 1.54. The van der Waals surface area contributed by atoms with Crippen molar-refractivity contribution in [1.29, 1.82) is 0 Å². The van der Waals surface area contributed by atoms with Gasteiger partial charge < -0.3 is 4.74 Å². The van der Waals surface area contributed by atoms with Crippen LogP contribution in [0.15, 0.2) is 24.3 Å². The van der Waals surface area contributed by atoms with Crippen LogP contribution in [0.25, 0.3) is 0 Å². The topological polar surface area (TPSA) is 38.3 Å². The van der Waals surface area contributed by atoms with Crippen LogP contribution in [-0.2, 0) is 4.74 Å². The number of ether oxygens (including phenoxy) is 1. The van der Waals surface area contributed by atoms with E-state index >= 15 is 0 Å². The molecule has 86 valence electrons. The molecule has 0 unspecified atom stereocenters. The molecule has 0 aliphatic heterocycles. The van der Waals surface area contributed by atoms with Gasteiger partial charge in [-0.25, -0.2) is 4.79 Å². The van der Waals surface area contributed by atoms with Crippen LogP contribution in [0.3, 0.4) is 0 Å². The monoisotopic (exact) mass is 297 g/mol. The normalized spacial score (nSPS) is 8.35. The van der Waals surface area contributed by atoms with Crippen LogP contribution in [0.1, 0.15) is 0 Å². The molecule has 1 rings (SSSR count). The third kappa shape index (κ3) is 8.06. The summed E-state index contributed by atoms with van der Waals surface area (Å²) in [6.07, 6.45) is -0.578. The van der Waals surface area contributed by atoms with Crippen molar-refractivity contribution in [2.24, 2.45) is 0 Å². The molecule has 0 heterocycles. The second kappa shape index (κ2) is 10.2. The number of hydrogen-bond donors (Lipinski definition) is 1. The zero-order valence-corrected chi connectivity index (χ0v) is 9.81. The molecule has 1 amide bonds. The number of halogens is 2. The van der Waals surface area contributed by atoms with Crippen LogP contribution in [0, 0.1) is 11.8 Å². The number of carbonyl (C=O) groups excluding carboxylic acids is 1. The third-order valence-corrected chi connectivity index (χ3v) is 1.91. The Balaban J connectivity index is 0.00000256. The number of benzene rings is 1. The van der Waals surface area contributed by atoms with E-state index in [0.29, 0.717) is 10.7 Å². The average molecular weight is 298 g/mol. The van der Waals surface area contributed by atoms with E-state index in [1.807, 2.05) is 0 Å². The molecule has 0 saturated heterocycles. The summed E-state index contributed by atoms with van der Waals surface area (Å²) in [7, 11) is 0. The first-order chi connectivity index (χ1) is 7.72. The molecule has 17 heavy (non-hydrogen) atoms. The van der Waals surface area contributed by atoms with E-state index in [2.05, 4.69) is 17.2 Å². The van der Waals surface area contributed by atoms with E-state index in [9.17, 15) is 4.79 Å². The molecule has 0 saturated carbocycles. The predicted octanol–water partition coefficient (Wildman–Crippen LogP) is 2.48. The van der Waals surface area contributed by atoms with Crippen molar-refractivity contribution >= 4 is 86.4 Å². The fourth-order valence-corrected chi connectivity index (χ4v) is 1.20. The van der Waals surface area contributed by atoms with Gasteiger partial charge in [0.05, 0.1) is 5.88 Å². The number of alkyl halides is 1. The van der Waals surface area contributed by atoms with Gasteiger partial charge in [0, 0.05) is 10.7 Å². The van der Waals surface area contributed by atoms with Crippen molar-refractivity contribution in [3.8, 4) is 11.8 Å². The van der Waals surface area contributed by atoms with Crippen LogP contribution in [0.4, 0.5) is 10.5 Å². The van der Waals surface area contributed by atoms with E-state index in [4.69, 9.17) is 27.9 Å². The SMILES string of the molecule is O=C(Nc1cccc(Cl)c1)OCC#CCCl.[KH]. The summed E-state index contributed by atoms with van der Waals surface area (Å²) in [5.74, 6) is 5.36. The molecule has 0 radical (unpaired) electrons. The van der Waals surface area contributed by atoms with E-state index in [0.717, 1.165) is 0 Å².